The number of rotatable bonds is 9. The fourth-order valence-corrected chi connectivity index (χ4v) is 4.88. The number of hydrogen-bond donors (Lipinski definition) is 0. The van der Waals surface area contributed by atoms with Gasteiger partial charge in [0.1, 0.15) is 5.75 Å². The van der Waals surface area contributed by atoms with Crippen molar-refractivity contribution in [3.8, 4) is 11.8 Å². The number of piperidine rings is 1. The molecule has 1 aromatic heterocycles. The Kier molecular flexibility index (Phi) is 9.60. The van der Waals surface area contributed by atoms with Crippen molar-refractivity contribution in [2.75, 3.05) is 26.8 Å². The third kappa shape index (κ3) is 7.96. The van der Waals surface area contributed by atoms with E-state index in [-0.39, 0.29) is 23.6 Å². The summed E-state index contributed by atoms with van der Waals surface area (Å²) >= 11 is 0. The number of benzene rings is 2. The van der Waals surface area contributed by atoms with Crippen LogP contribution in [0.25, 0.3) is 0 Å². The number of nitrogens with zero attached hydrogens (tertiary/aromatic N) is 4. The Morgan fingerprint density at radius 3 is 2.43 bits per heavy atom. The van der Waals surface area contributed by atoms with Gasteiger partial charge in [0.2, 0.25) is 0 Å². The van der Waals surface area contributed by atoms with Gasteiger partial charge in [0.25, 0.3) is 0 Å². The van der Waals surface area contributed by atoms with Crippen molar-refractivity contribution in [3.05, 3.63) is 83.4 Å². The van der Waals surface area contributed by atoms with Crippen molar-refractivity contribution in [1.29, 1.82) is 5.26 Å². The summed E-state index contributed by atoms with van der Waals surface area (Å²) < 4.78 is 49.7. The van der Waals surface area contributed by atoms with Gasteiger partial charge in [-0.15, -0.1) is 25.6 Å². The number of hydrogen-bond acceptors (Lipinski definition) is 5. The van der Waals surface area contributed by atoms with Crippen LogP contribution in [0, 0.1) is 16.7 Å². The van der Waals surface area contributed by atoms with Crippen LogP contribution in [0.4, 0.5) is 13.2 Å². The van der Waals surface area contributed by atoms with Crippen LogP contribution in [0.5, 0.6) is 5.75 Å². The first-order valence-corrected chi connectivity index (χ1v) is 11.8. The van der Waals surface area contributed by atoms with Crippen LogP contribution >= 0.6 is 12.4 Å². The molecular formula is C27H30ClF3N4O2. The molecule has 0 spiro atoms. The van der Waals surface area contributed by atoms with Crippen LogP contribution in [0.3, 0.4) is 0 Å². The van der Waals surface area contributed by atoms with Crippen LogP contribution in [0.2, 0.25) is 0 Å². The van der Waals surface area contributed by atoms with Crippen molar-refractivity contribution < 1.29 is 22.6 Å². The average Bonchev–Trinajstić information content (AvgIpc) is 3.27. The summed E-state index contributed by atoms with van der Waals surface area (Å²) in [5, 5.41) is 8.99. The second kappa shape index (κ2) is 12.5. The zero-order valence-electron chi connectivity index (χ0n) is 20.6. The number of ether oxygens (including phenoxy) is 2. The predicted molar refractivity (Wildman–Crippen MR) is 135 cm³/mol. The van der Waals surface area contributed by atoms with Crippen molar-refractivity contribution in [2.45, 2.75) is 38.7 Å². The zero-order valence-corrected chi connectivity index (χ0v) is 21.4. The maximum Gasteiger partial charge on any atom is 0.573 e. The van der Waals surface area contributed by atoms with Gasteiger partial charge in [0.05, 0.1) is 30.3 Å². The molecule has 0 unspecified atom stereocenters. The quantitative estimate of drug-likeness (QED) is 0.358. The molecule has 0 radical (unpaired) electrons. The molecule has 0 amide bonds. The molecule has 1 fully saturated rings. The number of imidazole rings is 1. The minimum absolute atomic E-state index is 0. The summed E-state index contributed by atoms with van der Waals surface area (Å²) in [7, 11) is 1.67. The van der Waals surface area contributed by atoms with E-state index in [4.69, 9.17) is 10.00 Å². The number of nitriles is 1. The lowest BCUT2D eigenvalue weighted by Crippen LogP contribution is -2.43. The molecule has 2 heterocycles. The van der Waals surface area contributed by atoms with Gasteiger partial charge in [-0.1, -0.05) is 24.3 Å². The van der Waals surface area contributed by atoms with Gasteiger partial charge in [-0.25, -0.2) is 4.98 Å². The van der Waals surface area contributed by atoms with Crippen LogP contribution in [-0.2, 0) is 24.2 Å². The summed E-state index contributed by atoms with van der Waals surface area (Å²) in [6, 6.07) is 15.9. The summed E-state index contributed by atoms with van der Waals surface area (Å²) in [6.45, 7) is 3.68. The Labute approximate surface area is 221 Å². The largest absolute Gasteiger partial charge is 0.573 e. The van der Waals surface area contributed by atoms with Gasteiger partial charge in [-0.05, 0) is 67.7 Å². The van der Waals surface area contributed by atoms with Gasteiger partial charge in [-0.2, -0.15) is 5.26 Å². The maximum atomic E-state index is 12.6. The van der Waals surface area contributed by atoms with Gasteiger partial charge in [-0.3, -0.25) is 4.90 Å². The summed E-state index contributed by atoms with van der Waals surface area (Å²) in [6.07, 6.45) is 1.36. The number of aromatic nitrogens is 2. The third-order valence-electron chi connectivity index (χ3n) is 6.70. The highest BCUT2D eigenvalue weighted by Crippen LogP contribution is 2.37. The van der Waals surface area contributed by atoms with E-state index in [0.29, 0.717) is 25.1 Å². The van der Waals surface area contributed by atoms with Gasteiger partial charge >= 0.3 is 6.36 Å². The molecule has 0 aliphatic carbocycles. The van der Waals surface area contributed by atoms with E-state index in [1.54, 1.807) is 13.2 Å². The van der Waals surface area contributed by atoms with Gasteiger partial charge < -0.3 is 14.0 Å². The highest BCUT2D eigenvalue weighted by Gasteiger charge is 2.36. The summed E-state index contributed by atoms with van der Waals surface area (Å²) in [5.41, 5.74) is 3.50. The standard InChI is InChI=1S/C27H29F3N4O2.ClH/c1-35-19-26(14-23-3-2-4-25(13-23)36-27(28,29)30)9-11-33(12-10-26)18-24-16-32-20-34(24)17-22-7-5-21(15-31)6-8-22;/h2-8,13,16,20H,9-12,14,17-19H2,1H3;1H. The molecule has 3 aromatic rings. The van der Waals surface area contributed by atoms with Crippen molar-refractivity contribution in [3.63, 3.8) is 0 Å². The van der Waals surface area contributed by atoms with Crippen LogP contribution < -0.4 is 4.74 Å². The number of likely N-dealkylation sites (tertiary alicyclic amines) is 1. The Balaban J connectivity index is 0.00000380. The molecule has 1 aliphatic heterocycles. The molecule has 0 atom stereocenters. The van der Waals surface area contributed by atoms with E-state index in [1.165, 1.54) is 12.1 Å². The third-order valence-corrected chi connectivity index (χ3v) is 6.70. The first-order chi connectivity index (χ1) is 17.3. The fourth-order valence-electron chi connectivity index (χ4n) is 4.88. The van der Waals surface area contributed by atoms with Crippen molar-refractivity contribution in [2.24, 2.45) is 5.41 Å². The lowest BCUT2D eigenvalue weighted by Gasteiger charge is -2.41. The lowest BCUT2D eigenvalue weighted by atomic mass is 9.74. The van der Waals surface area contributed by atoms with E-state index in [0.717, 1.165) is 49.3 Å². The fraction of sp³-hybridized carbons (Fsp3) is 0.407. The molecule has 1 saturated heterocycles. The van der Waals surface area contributed by atoms with Crippen molar-refractivity contribution in [1.82, 2.24) is 14.5 Å². The molecule has 198 valence electrons. The van der Waals surface area contributed by atoms with E-state index in [2.05, 4.69) is 25.3 Å². The number of halogens is 4. The molecule has 0 N–H and O–H groups in total. The first kappa shape index (κ1) is 28.5. The molecule has 2 aromatic carbocycles. The summed E-state index contributed by atoms with van der Waals surface area (Å²) in [5.74, 6) is -0.194. The van der Waals surface area contributed by atoms with E-state index in [9.17, 15) is 13.2 Å². The Bertz CT molecular complexity index is 1180. The number of alkyl halides is 3. The second-order valence-electron chi connectivity index (χ2n) is 9.40. The molecular weight excluding hydrogens is 505 g/mol. The van der Waals surface area contributed by atoms with Crippen molar-refractivity contribution >= 4 is 12.4 Å². The topological polar surface area (TPSA) is 63.3 Å². The second-order valence-corrected chi connectivity index (χ2v) is 9.40. The van der Waals surface area contributed by atoms with E-state index >= 15 is 0 Å². The molecule has 1 aliphatic rings. The number of methoxy groups -OCH3 is 1. The van der Waals surface area contributed by atoms with Gasteiger partial charge in [0, 0.05) is 31.8 Å². The zero-order chi connectivity index (χ0) is 25.6. The first-order valence-electron chi connectivity index (χ1n) is 11.8. The van der Waals surface area contributed by atoms with Crippen LogP contribution in [-0.4, -0.2) is 47.6 Å². The van der Waals surface area contributed by atoms with Crippen LogP contribution in [0.15, 0.2) is 61.1 Å². The molecule has 4 rings (SSSR count). The smallest absolute Gasteiger partial charge is 0.406 e. The Hall–Kier alpha value is -3.06. The Morgan fingerprint density at radius 1 is 1.05 bits per heavy atom. The highest BCUT2D eigenvalue weighted by molar-refractivity contribution is 5.85. The normalized spacial score (nSPS) is 15.5. The lowest BCUT2D eigenvalue weighted by molar-refractivity contribution is -0.274. The molecule has 37 heavy (non-hydrogen) atoms. The molecule has 10 heteroatoms. The summed E-state index contributed by atoms with van der Waals surface area (Å²) in [4.78, 5) is 6.72. The highest BCUT2D eigenvalue weighted by atomic mass is 35.5. The molecule has 6 nitrogen and oxygen atoms in total. The minimum atomic E-state index is -4.71. The van der Waals surface area contributed by atoms with Gasteiger partial charge in [0.15, 0.2) is 0 Å². The Morgan fingerprint density at radius 2 is 1.78 bits per heavy atom. The maximum absolute atomic E-state index is 12.6. The monoisotopic (exact) mass is 534 g/mol. The molecule has 0 bridgehead atoms. The van der Waals surface area contributed by atoms with E-state index in [1.807, 2.05) is 42.9 Å². The average molecular weight is 535 g/mol. The SMILES string of the molecule is COCC1(Cc2cccc(OC(F)(F)F)c2)CCN(Cc2cncn2Cc2ccc(C#N)cc2)CC1.Cl. The molecule has 0 saturated carbocycles. The van der Waals surface area contributed by atoms with E-state index < -0.39 is 6.36 Å². The minimum Gasteiger partial charge on any atom is -0.406 e. The van der Waals surface area contributed by atoms with Crippen LogP contribution in [0.1, 0.15) is 35.2 Å². The predicted octanol–water partition coefficient (Wildman–Crippen LogP) is 5.59.